The van der Waals surface area contributed by atoms with E-state index in [9.17, 15) is 4.39 Å². The van der Waals surface area contributed by atoms with E-state index in [0.717, 1.165) is 0 Å². The second kappa shape index (κ2) is 5.01. The number of pyridine rings is 1. The molecule has 0 aliphatic heterocycles. The van der Waals surface area contributed by atoms with Gasteiger partial charge in [0.25, 0.3) is 0 Å². The Kier molecular flexibility index (Phi) is 3.44. The lowest BCUT2D eigenvalue weighted by atomic mass is 10.2. The molecule has 1 heterocycles. The summed E-state index contributed by atoms with van der Waals surface area (Å²) in [6, 6.07) is 5.83. The van der Waals surface area contributed by atoms with E-state index in [2.05, 4.69) is 4.98 Å². The van der Waals surface area contributed by atoms with E-state index in [4.69, 9.17) is 22.1 Å². The fourth-order valence-electron chi connectivity index (χ4n) is 1.33. The Morgan fingerprint density at radius 3 is 2.82 bits per heavy atom. The number of nitrogen functional groups attached to an aromatic ring is 1. The van der Waals surface area contributed by atoms with Crippen molar-refractivity contribution in [3.05, 3.63) is 53.1 Å². The quantitative estimate of drug-likeness (QED) is 0.854. The number of ether oxygens (including phenoxy) is 1. The lowest BCUT2D eigenvalue weighted by Crippen LogP contribution is -2.00. The lowest BCUT2D eigenvalue weighted by molar-refractivity contribution is 0.305. The fraction of sp³-hybridized carbons (Fsp3) is 0.0833. The molecule has 17 heavy (non-hydrogen) atoms. The molecule has 88 valence electrons. The largest absolute Gasteiger partial charge is 0.487 e. The van der Waals surface area contributed by atoms with Gasteiger partial charge in [-0.15, -0.1) is 0 Å². The zero-order chi connectivity index (χ0) is 12.3. The molecule has 0 unspecified atom stereocenters. The van der Waals surface area contributed by atoms with Gasteiger partial charge in [-0.1, -0.05) is 17.7 Å². The molecule has 2 rings (SSSR count). The van der Waals surface area contributed by atoms with Crippen LogP contribution in [0.15, 0.2) is 36.7 Å². The van der Waals surface area contributed by atoms with Crippen LogP contribution in [0.5, 0.6) is 5.75 Å². The second-order valence-corrected chi connectivity index (χ2v) is 3.91. The molecule has 0 aliphatic carbocycles. The van der Waals surface area contributed by atoms with Gasteiger partial charge in [0, 0.05) is 23.5 Å². The zero-order valence-electron chi connectivity index (χ0n) is 8.86. The van der Waals surface area contributed by atoms with E-state index in [1.165, 1.54) is 18.3 Å². The first-order valence-corrected chi connectivity index (χ1v) is 5.30. The first-order chi connectivity index (χ1) is 8.15. The molecule has 1 aromatic heterocycles. The Morgan fingerprint density at radius 2 is 2.12 bits per heavy atom. The molecule has 0 fully saturated rings. The zero-order valence-corrected chi connectivity index (χ0v) is 9.62. The Balaban J connectivity index is 2.07. The van der Waals surface area contributed by atoms with Crippen molar-refractivity contribution in [3.8, 4) is 5.75 Å². The molecule has 2 aromatic rings. The molecule has 3 nitrogen and oxygen atoms in total. The van der Waals surface area contributed by atoms with Crippen molar-refractivity contribution in [1.82, 2.24) is 4.98 Å². The fourth-order valence-corrected chi connectivity index (χ4v) is 1.49. The van der Waals surface area contributed by atoms with Crippen molar-refractivity contribution in [2.75, 3.05) is 5.73 Å². The van der Waals surface area contributed by atoms with Gasteiger partial charge in [-0.3, -0.25) is 4.98 Å². The second-order valence-electron chi connectivity index (χ2n) is 3.47. The highest BCUT2D eigenvalue weighted by Crippen LogP contribution is 2.19. The monoisotopic (exact) mass is 252 g/mol. The number of nitrogens with zero attached hydrogens (tertiary/aromatic N) is 1. The topological polar surface area (TPSA) is 48.1 Å². The third-order valence-electron chi connectivity index (χ3n) is 2.18. The minimum atomic E-state index is -0.365. The summed E-state index contributed by atoms with van der Waals surface area (Å²) >= 11 is 5.76. The maximum atomic E-state index is 12.8. The number of aromatic nitrogens is 1. The molecule has 0 spiro atoms. The molecule has 0 radical (unpaired) electrons. The van der Waals surface area contributed by atoms with Gasteiger partial charge < -0.3 is 10.5 Å². The molecule has 5 heteroatoms. The van der Waals surface area contributed by atoms with Crippen LogP contribution in [0.2, 0.25) is 5.02 Å². The van der Waals surface area contributed by atoms with Gasteiger partial charge in [-0.2, -0.15) is 0 Å². The molecular weight excluding hydrogens is 243 g/mol. The molecule has 0 saturated carbocycles. The highest BCUT2D eigenvalue weighted by atomic mass is 35.5. The maximum absolute atomic E-state index is 12.8. The Morgan fingerprint density at radius 1 is 1.29 bits per heavy atom. The van der Waals surface area contributed by atoms with Crippen molar-refractivity contribution >= 4 is 17.3 Å². The van der Waals surface area contributed by atoms with Gasteiger partial charge >= 0.3 is 0 Å². The standard InChI is InChI=1S/C12H10ClFN2O/c13-9-3-11(6-16-5-9)17-7-8-1-2-10(14)4-12(8)15/h1-6H,7,15H2. The third-order valence-corrected chi connectivity index (χ3v) is 2.39. The smallest absolute Gasteiger partial charge is 0.139 e. The number of nitrogens with two attached hydrogens (primary N) is 1. The molecule has 2 N–H and O–H groups in total. The summed E-state index contributed by atoms with van der Waals surface area (Å²) in [5.41, 5.74) is 6.73. The van der Waals surface area contributed by atoms with E-state index < -0.39 is 0 Å². The minimum absolute atomic E-state index is 0.244. The normalized spacial score (nSPS) is 10.2. The minimum Gasteiger partial charge on any atom is -0.487 e. The Labute approximate surface area is 103 Å². The van der Waals surface area contributed by atoms with Crippen molar-refractivity contribution in [2.45, 2.75) is 6.61 Å². The number of halogens is 2. The van der Waals surface area contributed by atoms with E-state index >= 15 is 0 Å². The Hall–Kier alpha value is -1.81. The molecule has 1 aromatic carbocycles. The number of anilines is 1. The van der Waals surface area contributed by atoms with Gasteiger partial charge in [0.1, 0.15) is 18.2 Å². The molecule has 0 saturated heterocycles. The van der Waals surface area contributed by atoms with Crippen molar-refractivity contribution < 1.29 is 9.13 Å². The summed E-state index contributed by atoms with van der Waals surface area (Å²) in [7, 11) is 0. The molecule has 0 bridgehead atoms. The molecule has 0 atom stereocenters. The number of rotatable bonds is 3. The van der Waals surface area contributed by atoms with E-state index in [-0.39, 0.29) is 12.4 Å². The van der Waals surface area contributed by atoms with E-state index in [1.807, 2.05) is 0 Å². The van der Waals surface area contributed by atoms with Crippen molar-refractivity contribution in [3.63, 3.8) is 0 Å². The average Bonchev–Trinajstić information content (AvgIpc) is 2.28. The van der Waals surface area contributed by atoms with Crippen LogP contribution in [-0.4, -0.2) is 4.98 Å². The van der Waals surface area contributed by atoms with E-state index in [0.29, 0.717) is 22.0 Å². The summed E-state index contributed by atoms with van der Waals surface area (Å²) in [4.78, 5) is 3.88. The van der Waals surface area contributed by atoms with Crippen LogP contribution < -0.4 is 10.5 Å². The van der Waals surface area contributed by atoms with Gasteiger partial charge in [0.05, 0.1) is 11.2 Å². The van der Waals surface area contributed by atoms with Crippen LogP contribution in [0.3, 0.4) is 0 Å². The first-order valence-electron chi connectivity index (χ1n) is 4.92. The summed E-state index contributed by atoms with van der Waals surface area (Å²) in [6.45, 7) is 0.244. The van der Waals surface area contributed by atoms with Crippen LogP contribution >= 0.6 is 11.6 Å². The molecular formula is C12H10ClFN2O. The summed E-state index contributed by atoms with van der Waals surface area (Å²) in [5, 5.41) is 0.495. The van der Waals surface area contributed by atoms with Crippen LogP contribution in [0.25, 0.3) is 0 Å². The predicted octanol–water partition coefficient (Wildman–Crippen LogP) is 3.04. The van der Waals surface area contributed by atoms with Gasteiger partial charge in [-0.05, 0) is 12.1 Å². The number of benzene rings is 1. The highest BCUT2D eigenvalue weighted by molar-refractivity contribution is 6.30. The predicted molar refractivity (Wildman–Crippen MR) is 64.4 cm³/mol. The third kappa shape index (κ3) is 3.07. The summed E-state index contributed by atoms with van der Waals surface area (Å²) in [5.74, 6) is 0.178. The molecule has 0 amide bonds. The average molecular weight is 253 g/mol. The van der Waals surface area contributed by atoms with Gasteiger partial charge in [-0.25, -0.2) is 4.39 Å². The van der Waals surface area contributed by atoms with Crippen LogP contribution in [0.1, 0.15) is 5.56 Å². The van der Waals surface area contributed by atoms with Crippen LogP contribution in [0.4, 0.5) is 10.1 Å². The van der Waals surface area contributed by atoms with Crippen molar-refractivity contribution in [1.29, 1.82) is 0 Å². The molecule has 0 aliphatic rings. The summed E-state index contributed by atoms with van der Waals surface area (Å²) < 4.78 is 18.3. The Bertz CT molecular complexity index is 534. The van der Waals surface area contributed by atoms with Gasteiger partial charge in [0.2, 0.25) is 0 Å². The van der Waals surface area contributed by atoms with Crippen LogP contribution in [-0.2, 0) is 6.61 Å². The van der Waals surface area contributed by atoms with Gasteiger partial charge in [0.15, 0.2) is 0 Å². The first kappa shape index (κ1) is 11.7. The SMILES string of the molecule is Nc1cc(F)ccc1COc1cncc(Cl)c1. The summed E-state index contributed by atoms with van der Waals surface area (Å²) in [6.07, 6.45) is 3.06. The van der Waals surface area contributed by atoms with E-state index in [1.54, 1.807) is 18.3 Å². The van der Waals surface area contributed by atoms with Crippen LogP contribution in [0, 0.1) is 5.82 Å². The maximum Gasteiger partial charge on any atom is 0.139 e. The van der Waals surface area contributed by atoms with Crippen molar-refractivity contribution in [2.24, 2.45) is 0 Å². The number of hydrogen-bond acceptors (Lipinski definition) is 3. The number of hydrogen-bond donors (Lipinski definition) is 1. The highest BCUT2D eigenvalue weighted by Gasteiger charge is 2.02. The lowest BCUT2D eigenvalue weighted by Gasteiger charge is -2.08.